The van der Waals surface area contributed by atoms with Gasteiger partial charge in [-0.15, -0.1) is 11.6 Å². The average molecular weight is 320 g/mol. The maximum Gasteiger partial charge on any atom is 0.315 e. The second-order valence-corrected chi connectivity index (χ2v) is 6.54. The molecule has 0 heterocycles. The monoisotopic (exact) mass is 318 g/mol. The zero-order valence-corrected chi connectivity index (χ0v) is 12.7. The van der Waals surface area contributed by atoms with Crippen LogP contribution in [0.3, 0.4) is 0 Å². The molecule has 2 nitrogen and oxygen atoms in total. The van der Waals surface area contributed by atoms with E-state index in [1.54, 1.807) is 24.3 Å². The zero-order chi connectivity index (χ0) is 14.4. The summed E-state index contributed by atoms with van der Waals surface area (Å²) in [7, 11) is 0. The molecule has 0 amide bonds. The minimum atomic E-state index is -1.12. The van der Waals surface area contributed by atoms with E-state index in [9.17, 15) is 9.90 Å². The van der Waals surface area contributed by atoms with Crippen molar-refractivity contribution in [3.63, 3.8) is 0 Å². The highest BCUT2D eigenvalue weighted by Crippen LogP contribution is 2.68. The first-order valence-corrected chi connectivity index (χ1v) is 6.94. The number of hydrogen-bond donors (Lipinski definition) is 1. The Morgan fingerprint density at radius 2 is 1.79 bits per heavy atom. The molecule has 0 aliphatic heterocycles. The molecule has 0 spiro atoms. The minimum absolute atomic E-state index is 0.371. The Hall–Kier alpha value is -0.700. The van der Waals surface area contributed by atoms with Crippen LogP contribution in [0.2, 0.25) is 5.02 Å². The molecule has 1 saturated carbocycles. The Bertz CT molecular complexity index is 548. The van der Waals surface area contributed by atoms with E-state index in [-0.39, 0.29) is 0 Å². The number of benzene rings is 1. The van der Waals surface area contributed by atoms with Crippen LogP contribution in [0, 0.1) is 10.8 Å². The quantitative estimate of drug-likeness (QED) is 0.824. The van der Waals surface area contributed by atoms with Gasteiger partial charge >= 0.3 is 5.97 Å². The fourth-order valence-electron chi connectivity index (χ4n) is 2.33. The van der Waals surface area contributed by atoms with E-state index >= 15 is 0 Å². The van der Waals surface area contributed by atoms with Crippen molar-refractivity contribution in [2.45, 2.75) is 19.2 Å². The summed E-state index contributed by atoms with van der Waals surface area (Å²) in [6.45, 7) is 3.64. The summed E-state index contributed by atoms with van der Waals surface area (Å²) in [5, 5.41) is 9.94. The Morgan fingerprint density at radius 3 is 2.16 bits per heavy atom. The normalized spacial score (nSPS) is 29.1. The fourth-order valence-corrected chi connectivity index (χ4v) is 3.31. The second kappa shape index (κ2) is 4.69. The minimum Gasteiger partial charge on any atom is -0.481 e. The molecule has 5 heteroatoms. The van der Waals surface area contributed by atoms with E-state index in [1.165, 1.54) is 6.08 Å². The Morgan fingerprint density at radius 1 is 1.32 bits per heavy atom. The highest BCUT2D eigenvalue weighted by atomic mass is 35.5. The van der Waals surface area contributed by atoms with E-state index in [0.29, 0.717) is 10.1 Å². The summed E-state index contributed by atoms with van der Waals surface area (Å²) >= 11 is 18.2. The molecule has 2 unspecified atom stereocenters. The molecule has 1 aromatic carbocycles. The Kier molecular flexibility index (Phi) is 3.63. The number of alkyl halides is 1. The second-order valence-electron chi connectivity index (χ2n) is 5.26. The van der Waals surface area contributed by atoms with Gasteiger partial charge in [0.1, 0.15) is 5.41 Å². The number of halogens is 3. The Balaban J connectivity index is 2.40. The number of carboxylic acids is 1. The van der Waals surface area contributed by atoms with E-state index in [4.69, 9.17) is 34.8 Å². The summed E-state index contributed by atoms with van der Waals surface area (Å²) < 4.78 is 0. The molecule has 2 atom stereocenters. The van der Waals surface area contributed by atoms with Crippen molar-refractivity contribution in [2.75, 3.05) is 0 Å². The first-order valence-electron chi connectivity index (χ1n) is 5.75. The standard InChI is InChI=1S/C14H13Cl3O2/c1-13(2)11(17)14(13,12(18)19)7-10(16)8-3-5-9(15)6-4-8/h3-7,11H,1-2H3,(H,18,19)/b10-7-. The molecule has 0 saturated heterocycles. The van der Waals surface area contributed by atoms with Crippen LogP contribution in [0.15, 0.2) is 30.3 Å². The molecule has 1 N–H and O–H groups in total. The number of carboxylic acid groups (broad SMARTS) is 1. The van der Waals surface area contributed by atoms with Gasteiger partial charge in [-0.3, -0.25) is 4.79 Å². The third-order valence-electron chi connectivity index (χ3n) is 3.84. The SMILES string of the molecule is CC1(C)C(Cl)C1(/C=C(\Cl)c1ccc(Cl)cc1)C(=O)O. The molecule has 1 aliphatic carbocycles. The number of hydrogen-bond acceptors (Lipinski definition) is 1. The van der Waals surface area contributed by atoms with Gasteiger partial charge in [0.25, 0.3) is 0 Å². The third kappa shape index (κ3) is 2.16. The third-order valence-corrected chi connectivity index (χ3v) is 5.31. The maximum atomic E-state index is 11.5. The molecule has 0 bridgehead atoms. The molecular formula is C14H13Cl3O2. The number of aliphatic carboxylic acids is 1. The molecule has 0 aromatic heterocycles. The van der Waals surface area contributed by atoms with Crippen LogP contribution in [0.25, 0.3) is 5.03 Å². The van der Waals surface area contributed by atoms with E-state index in [2.05, 4.69) is 0 Å². The largest absolute Gasteiger partial charge is 0.481 e. The summed E-state index contributed by atoms with van der Waals surface area (Å²) in [6.07, 6.45) is 1.54. The molecular weight excluding hydrogens is 307 g/mol. The maximum absolute atomic E-state index is 11.5. The van der Waals surface area contributed by atoms with Gasteiger partial charge in [-0.25, -0.2) is 0 Å². The summed E-state index contributed by atoms with van der Waals surface area (Å²) in [5.74, 6) is -0.954. The molecule has 1 fully saturated rings. The first kappa shape index (κ1) is 14.7. The van der Waals surface area contributed by atoms with Crippen LogP contribution in [0.5, 0.6) is 0 Å². The summed E-state index contributed by atoms with van der Waals surface area (Å²) in [4.78, 5) is 11.5. The average Bonchev–Trinajstić information content (AvgIpc) is 2.76. The topological polar surface area (TPSA) is 37.3 Å². The smallest absolute Gasteiger partial charge is 0.315 e. The van der Waals surface area contributed by atoms with Crippen LogP contribution in [-0.4, -0.2) is 16.5 Å². The van der Waals surface area contributed by atoms with Crippen molar-refractivity contribution in [3.05, 3.63) is 40.9 Å². The van der Waals surface area contributed by atoms with E-state index in [0.717, 1.165) is 5.56 Å². The van der Waals surface area contributed by atoms with Crippen LogP contribution in [0.1, 0.15) is 19.4 Å². The van der Waals surface area contributed by atoms with Gasteiger partial charge in [0.2, 0.25) is 0 Å². The highest BCUT2D eigenvalue weighted by Gasteiger charge is 2.74. The Labute approximate surface area is 127 Å². The fraction of sp³-hybridized carbons (Fsp3) is 0.357. The van der Waals surface area contributed by atoms with Crippen molar-refractivity contribution in [1.29, 1.82) is 0 Å². The van der Waals surface area contributed by atoms with Gasteiger partial charge < -0.3 is 5.11 Å². The van der Waals surface area contributed by atoms with Crippen LogP contribution < -0.4 is 0 Å². The van der Waals surface area contributed by atoms with Gasteiger partial charge in [-0.1, -0.05) is 49.2 Å². The lowest BCUT2D eigenvalue weighted by Crippen LogP contribution is -2.19. The predicted octanol–water partition coefficient (Wildman–Crippen LogP) is 4.64. The number of carbonyl (C=O) groups is 1. The molecule has 2 rings (SSSR count). The molecule has 102 valence electrons. The lowest BCUT2D eigenvalue weighted by molar-refractivity contribution is -0.142. The first-order chi connectivity index (χ1) is 8.73. The summed E-state index contributed by atoms with van der Waals surface area (Å²) in [6, 6.07) is 6.90. The van der Waals surface area contributed by atoms with Crippen molar-refractivity contribution >= 4 is 45.8 Å². The van der Waals surface area contributed by atoms with Crippen LogP contribution in [0.4, 0.5) is 0 Å². The van der Waals surface area contributed by atoms with Crippen LogP contribution in [-0.2, 0) is 4.79 Å². The van der Waals surface area contributed by atoms with Gasteiger partial charge in [-0.05, 0) is 23.8 Å². The van der Waals surface area contributed by atoms with Crippen molar-refractivity contribution in [1.82, 2.24) is 0 Å². The lowest BCUT2D eigenvalue weighted by Gasteiger charge is -2.11. The van der Waals surface area contributed by atoms with Gasteiger partial charge in [-0.2, -0.15) is 0 Å². The molecule has 0 radical (unpaired) electrons. The zero-order valence-electron chi connectivity index (χ0n) is 10.5. The van der Waals surface area contributed by atoms with E-state index < -0.39 is 22.2 Å². The van der Waals surface area contributed by atoms with Crippen LogP contribution >= 0.6 is 34.8 Å². The molecule has 1 aliphatic rings. The van der Waals surface area contributed by atoms with E-state index in [1.807, 2.05) is 13.8 Å². The van der Waals surface area contributed by atoms with Crippen molar-refractivity contribution in [2.24, 2.45) is 10.8 Å². The van der Waals surface area contributed by atoms with Crippen molar-refractivity contribution < 1.29 is 9.90 Å². The summed E-state index contributed by atoms with van der Waals surface area (Å²) in [5.41, 5.74) is -0.920. The van der Waals surface area contributed by atoms with Gasteiger partial charge in [0.05, 0.1) is 5.38 Å². The molecule has 19 heavy (non-hydrogen) atoms. The predicted molar refractivity (Wildman–Crippen MR) is 78.8 cm³/mol. The highest BCUT2D eigenvalue weighted by molar-refractivity contribution is 6.49. The molecule has 1 aromatic rings. The van der Waals surface area contributed by atoms with Crippen molar-refractivity contribution in [3.8, 4) is 0 Å². The lowest BCUT2D eigenvalue weighted by atomic mass is 9.94. The van der Waals surface area contributed by atoms with Gasteiger partial charge in [0, 0.05) is 15.5 Å². The van der Waals surface area contributed by atoms with Gasteiger partial charge in [0.15, 0.2) is 0 Å². The number of rotatable bonds is 3.